The number of pyridine rings is 1. The Morgan fingerprint density at radius 1 is 1.54 bits per heavy atom. The van der Waals surface area contributed by atoms with Crippen molar-refractivity contribution in [1.29, 1.82) is 0 Å². The number of hydrogen-bond acceptors (Lipinski definition) is 3. The third-order valence-corrected chi connectivity index (χ3v) is 2.24. The molecule has 0 radical (unpaired) electrons. The molecule has 0 bridgehead atoms. The Morgan fingerprint density at radius 3 is 3.00 bits per heavy atom. The number of nitrogens with zero attached hydrogens (tertiary/aromatic N) is 2. The Balaban J connectivity index is 2.16. The maximum Gasteiger partial charge on any atom is 0.119 e. The molecule has 1 unspecified atom stereocenters. The van der Waals surface area contributed by atoms with Crippen LogP contribution in [0.25, 0.3) is 0 Å². The highest BCUT2D eigenvalue weighted by molar-refractivity contribution is 5.53. The summed E-state index contributed by atoms with van der Waals surface area (Å²) in [6.45, 7) is 1.22. The van der Waals surface area contributed by atoms with Gasteiger partial charge < -0.3 is 10.6 Å². The fourth-order valence-electron chi connectivity index (χ4n) is 1.57. The first-order valence-electron chi connectivity index (χ1n) is 4.35. The van der Waals surface area contributed by atoms with Gasteiger partial charge in [0.1, 0.15) is 6.17 Å². The monoisotopic (exact) mass is 181 g/mol. The van der Waals surface area contributed by atoms with Crippen LogP contribution in [0.5, 0.6) is 0 Å². The molecule has 0 spiro atoms. The highest BCUT2D eigenvalue weighted by Gasteiger charge is 2.21. The van der Waals surface area contributed by atoms with Crippen molar-refractivity contribution in [1.82, 2.24) is 4.98 Å². The average Bonchev–Trinajstić information content (AvgIpc) is 2.52. The molecule has 1 aromatic heterocycles. The Bertz CT molecular complexity index is 303. The summed E-state index contributed by atoms with van der Waals surface area (Å²) >= 11 is 0. The zero-order valence-corrected chi connectivity index (χ0v) is 7.28. The van der Waals surface area contributed by atoms with Gasteiger partial charge in [0.2, 0.25) is 0 Å². The molecule has 2 heterocycles. The van der Waals surface area contributed by atoms with E-state index in [1.54, 1.807) is 12.4 Å². The van der Waals surface area contributed by atoms with Crippen molar-refractivity contribution in [3.05, 3.63) is 18.5 Å². The van der Waals surface area contributed by atoms with E-state index in [2.05, 4.69) is 4.98 Å². The second-order valence-corrected chi connectivity index (χ2v) is 3.31. The molecule has 13 heavy (non-hydrogen) atoms. The predicted octanol–water partition coefficient (Wildman–Crippen LogP) is 1.21. The number of rotatable bonds is 1. The molecular formula is C9H12FN3. The van der Waals surface area contributed by atoms with E-state index in [1.165, 1.54) is 0 Å². The van der Waals surface area contributed by atoms with Crippen LogP contribution >= 0.6 is 0 Å². The number of hydrogen-bond donors (Lipinski definition) is 1. The number of nitrogens with two attached hydrogens (primary N) is 1. The Morgan fingerprint density at radius 2 is 2.38 bits per heavy atom. The van der Waals surface area contributed by atoms with Crippen molar-refractivity contribution in [3.8, 4) is 0 Å². The first-order chi connectivity index (χ1) is 6.25. The zero-order chi connectivity index (χ0) is 9.26. The van der Waals surface area contributed by atoms with Gasteiger partial charge in [0, 0.05) is 19.3 Å². The van der Waals surface area contributed by atoms with E-state index in [-0.39, 0.29) is 0 Å². The molecule has 1 aliphatic heterocycles. The quantitative estimate of drug-likeness (QED) is 0.708. The lowest BCUT2D eigenvalue weighted by molar-refractivity contribution is 0.364. The van der Waals surface area contributed by atoms with Crippen LogP contribution in [-0.4, -0.2) is 24.2 Å². The summed E-state index contributed by atoms with van der Waals surface area (Å²) in [5.74, 6) is 0. The van der Waals surface area contributed by atoms with Crippen LogP contribution in [-0.2, 0) is 0 Å². The van der Waals surface area contributed by atoms with Crippen molar-refractivity contribution in [2.45, 2.75) is 12.6 Å². The summed E-state index contributed by atoms with van der Waals surface area (Å²) < 4.78 is 12.9. The topological polar surface area (TPSA) is 42.1 Å². The van der Waals surface area contributed by atoms with Gasteiger partial charge in [-0.15, -0.1) is 0 Å². The van der Waals surface area contributed by atoms with E-state index < -0.39 is 6.17 Å². The first kappa shape index (κ1) is 8.29. The molecule has 0 aliphatic carbocycles. The average molecular weight is 181 g/mol. The molecule has 2 N–H and O–H groups in total. The van der Waals surface area contributed by atoms with Crippen LogP contribution < -0.4 is 10.6 Å². The van der Waals surface area contributed by atoms with Crippen LogP contribution in [0.3, 0.4) is 0 Å². The lowest BCUT2D eigenvalue weighted by Crippen LogP contribution is -2.20. The summed E-state index contributed by atoms with van der Waals surface area (Å²) in [6, 6.07) is 1.82. The van der Waals surface area contributed by atoms with E-state index in [9.17, 15) is 4.39 Å². The van der Waals surface area contributed by atoms with E-state index in [0.29, 0.717) is 18.7 Å². The summed E-state index contributed by atoms with van der Waals surface area (Å²) in [4.78, 5) is 5.93. The van der Waals surface area contributed by atoms with Crippen molar-refractivity contribution >= 4 is 11.4 Å². The highest BCUT2D eigenvalue weighted by atomic mass is 19.1. The van der Waals surface area contributed by atoms with Crippen LogP contribution in [0.15, 0.2) is 18.5 Å². The van der Waals surface area contributed by atoms with Gasteiger partial charge in [-0.25, -0.2) is 4.39 Å². The lowest BCUT2D eigenvalue weighted by atomic mass is 10.3. The molecular weight excluding hydrogens is 169 g/mol. The van der Waals surface area contributed by atoms with E-state index >= 15 is 0 Å². The van der Waals surface area contributed by atoms with Gasteiger partial charge in [-0.05, 0) is 12.5 Å². The largest absolute Gasteiger partial charge is 0.397 e. The molecule has 0 aromatic carbocycles. The second-order valence-electron chi connectivity index (χ2n) is 3.31. The Labute approximate surface area is 76.4 Å². The number of nitrogen functional groups attached to an aromatic ring is 1. The van der Waals surface area contributed by atoms with Gasteiger partial charge in [-0.3, -0.25) is 4.98 Å². The number of anilines is 2. The van der Waals surface area contributed by atoms with Gasteiger partial charge in [0.15, 0.2) is 0 Å². The Kier molecular flexibility index (Phi) is 2.04. The molecule has 1 atom stereocenters. The van der Waals surface area contributed by atoms with E-state index in [4.69, 9.17) is 5.73 Å². The van der Waals surface area contributed by atoms with Crippen molar-refractivity contribution in [2.75, 3.05) is 23.7 Å². The van der Waals surface area contributed by atoms with Crippen LogP contribution in [0.4, 0.5) is 15.8 Å². The zero-order valence-electron chi connectivity index (χ0n) is 7.28. The first-order valence-corrected chi connectivity index (χ1v) is 4.35. The molecule has 1 aliphatic rings. The minimum atomic E-state index is -0.707. The maximum atomic E-state index is 12.9. The van der Waals surface area contributed by atoms with Gasteiger partial charge >= 0.3 is 0 Å². The minimum absolute atomic E-state index is 0.463. The second kappa shape index (κ2) is 3.20. The molecule has 0 saturated carbocycles. The lowest BCUT2D eigenvalue weighted by Gasteiger charge is -2.16. The summed E-state index contributed by atoms with van der Waals surface area (Å²) in [5.41, 5.74) is 7.12. The molecule has 0 amide bonds. The van der Waals surface area contributed by atoms with Crippen LogP contribution in [0.1, 0.15) is 6.42 Å². The van der Waals surface area contributed by atoms with Crippen LogP contribution in [0, 0.1) is 0 Å². The van der Waals surface area contributed by atoms with E-state index in [1.807, 2.05) is 11.0 Å². The molecule has 3 nitrogen and oxygen atoms in total. The van der Waals surface area contributed by atoms with Gasteiger partial charge in [0.05, 0.1) is 17.6 Å². The highest BCUT2D eigenvalue weighted by Crippen LogP contribution is 2.22. The number of aromatic nitrogens is 1. The maximum absolute atomic E-state index is 12.9. The van der Waals surface area contributed by atoms with Crippen LogP contribution in [0.2, 0.25) is 0 Å². The van der Waals surface area contributed by atoms with Crippen molar-refractivity contribution in [3.63, 3.8) is 0 Å². The number of halogens is 1. The molecule has 1 fully saturated rings. The summed E-state index contributed by atoms with van der Waals surface area (Å²) in [5, 5.41) is 0. The fourth-order valence-corrected chi connectivity index (χ4v) is 1.57. The molecule has 1 aromatic rings. The van der Waals surface area contributed by atoms with Crippen molar-refractivity contribution < 1.29 is 4.39 Å². The minimum Gasteiger partial charge on any atom is -0.397 e. The third kappa shape index (κ3) is 1.71. The molecule has 2 rings (SSSR count). The van der Waals surface area contributed by atoms with Crippen molar-refractivity contribution in [2.24, 2.45) is 0 Å². The smallest absolute Gasteiger partial charge is 0.119 e. The summed E-state index contributed by atoms with van der Waals surface area (Å²) in [6.07, 6.45) is 3.21. The number of alkyl halides is 1. The molecule has 1 saturated heterocycles. The fraction of sp³-hybridized carbons (Fsp3) is 0.444. The van der Waals surface area contributed by atoms with Gasteiger partial charge in [0.25, 0.3) is 0 Å². The SMILES string of the molecule is Nc1cncc(N2CCC(F)C2)c1. The molecule has 4 heteroatoms. The standard InChI is InChI=1S/C9H12FN3/c10-7-1-2-13(6-7)9-3-8(11)4-12-5-9/h3-5,7H,1-2,6,11H2. The molecule has 70 valence electrons. The predicted molar refractivity (Wildman–Crippen MR) is 50.4 cm³/mol. The van der Waals surface area contributed by atoms with E-state index in [0.717, 1.165) is 12.2 Å². The normalized spacial score (nSPS) is 22.2. The van der Waals surface area contributed by atoms with Gasteiger partial charge in [-0.2, -0.15) is 0 Å². The third-order valence-electron chi connectivity index (χ3n) is 2.24. The van der Waals surface area contributed by atoms with Gasteiger partial charge in [-0.1, -0.05) is 0 Å². The summed E-state index contributed by atoms with van der Waals surface area (Å²) in [7, 11) is 0. The Hall–Kier alpha value is -1.32.